The molecule has 1 aromatic rings. The molecule has 0 amide bonds. The molecule has 0 saturated carbocycles. The van der Waals surface area contributed by atoms with E-state index in [4.69, 9.17) is 23.2 Å². The van der Waals surface area contributed by atoms with Gasteiger partial charge in [0.05, 0.1) is 5.02 Å². The van der Waals surface area contributed by atoms with Crippen molar-refractivity contribution in [1.82, 2.24) is 10.2 Å². The van der Waals surface area contributed by atoms with Crippen LogP contribution in [0.3, 0.4) is 0 Å². The SMILES string of the molecule is CC(C)(CO)[C@H](c1c(O)cc(Cl)cc1Cl)N1CCNCC1. The van der Waals surface area contributed by atoms with Gasteiger partial charge in [0.2, 0.25) is 0 Å². The molecule has 3 N–H and O–H groups in total. The summed E-state index contributed by atoms with van der Waals surface area (Å²) < 4.78 is 0. The normalized spacial score (nSPS) is 18.7. The Balaban J connectivity index is 2.49. The van der Waals surface area contributed by atoms with E-state index in [0.717, 1.165) is 26.2 Å². The van der Waals surface area contributed by atoms with Crippen LogP contribution in [0.25, 0.3) is 0 Å². The first-order valence-electron chi connectivity index (χ1n) is 7.10. The average Bonchev–Trinajstić information content (AvgIpc) is 2.43. The van der Waals surface area contributed by atoms with Gasteiger partial charge in [-0.2, -0.15) is 0 Å². The van der Waals surface area contributed by atoms with Crippen molar-refractivity contribution in [2.75, 3.05) is 32.8 Å². The third-order valence-corrected chi connectivity index (χ3v) is 4.54. The molecule has 0 spiro atoms. The van der Waals surface area contributed by atoms with E-state index in [1.54, 1.807) is 6.07 Å². The minimum absolute atomic E-state index is 0.00000937. The number of aromatic hydroxyl groups is 1. The minimum atomic E-state index is -0.438. The van der Waals surface area contributed by atoms with Crippen LogP contribution >= 0.6 is 23.2 Å². The van der Waals surface area contributed by atoms with Gasteiger partial charge < -0.3 is 15.5 Å². The molecule has 1 atom stereocenters. The standard InChI is InChI=1S/C15H22Cl2N2O2/c1-15(2,9-20)14(19-5-3-18-4-6-19)13-11(17)7-10(16)8-12(13)21/h7-8,14,18,20-21H,3-6,9H2,1-2H3/t14-/m0/s1. The topological polar surface area (TPSA) is 55.7 Å². The Hall–Kier alpha value is -0.520. The van der Waals surface area contributed by atoms with Crippen molar-refractivity contribution in [1.29, 1.82) is 0 Å². The summed E-state index contributed by atoms with van der Waals surface area (Å²) in [6.45, 7) is 7.39. The lowest BCUT2D eigenvalue weighted by Gasteiger charge is -2.44. The quantitative estimate of drug-likeness (QED) is 0.793. The molecule has 21 heavy (non-hydrogen) atoms. The highest BCUT2D eigenvalue weighted by atomic mass is 35.5. The molecule has 1 heterocycles. The predicted molar refractivity (Wildman–Crippen MR) is 86.2 cm³/mol. The van der Waals surface area contributed by atoms with Gasteiger partial charge in [-0.1, -0.05) is 37.0 Å². The first-order chi connectivity index (χ1) is 9.86. The Morgan fingerprint density at radius 2 is 1.90 bits per heavy atom. The van der Waals surface area contributed by atoms with Gasteiger partial charge in [0.15, 0.2) is 0 Å². The Labute approximate surface area is 135 Å². The van der Waals surface area contributed by atoms with Gasteiger partial charge in [-0.25, -0.2) is 0 Å². The fourth-order valence-corrected chi connectivity index (χ4v) is 3.52. The molecule has 1 aromatic carbocycles. The number of phenols is 1. The van der Waals surface area contributed by atoms with Gasteiger partial charge >= 0.3 is 0 Å². The van der Waals surface area contributed by atoms with E-state index in [-0.39, 0.29) is 18.4 Å². The van der Waals surface area contributed by atoms with E-state index >= 15 is 0 Å². The van der Waals surface area contributed by atoms with Gasteiger partial charge in [0, 0.05) is 54.8 Å². The maximum atomic E-state index is 10.3. The molecular formula is C15H22Cl2N2O2. The molecule has 0 radical (unpaired) electrons. The van der Waals surface area contributed by atoms with Crippen molar-refractivity contribution < 1.29 is 10.2 Å². The lowest BCUT2D eigenvalue weighted by Crippen LogP contribution is -2.49. The number of hydrogen-bond donors (Lipinski definition) is 3. The molecule has 1 aliphatic heterocycles. The fraction of sp³-hybridized carbons (Fsp3) is 0.600. The van der Waals surface area contributed by atoms with Crippen molar-refractivity contribution in [3.05, 3.63) is 27.7 Å². The molecule has 6 heteroatoms. The maximum absolute atomic E-state index is 10.3. The van der Waals surface area contributed by atoms with E-state index in [9.17, 15) is 10.2 Å². The number of aliphatic hydroxyl groups is 1. The number of benzene rings is 1. The first kappa shape index (κ1) is 16.8. The Morgan fingerprint density at radius 3 is 2.43 bits per heavy atom. The summed E-state index contributed by atoms with van der Waals surface area (Å²) in [4.78, 5) is 2.25. The van der Waals surface area contributed by atoms with Crippen molar-refractivity contribution >= 4 is 23.2 Å². The van der Waals surface area contributed by atoms with Gasteiger partial charge in [-0.05, 0) is 12.1 Å². The van der Waals surface area contributed by atoms with Crippen LogP contribution in [0.2, 0.25) is 10.0 Å². The second kappa shape index (κ2) is 6.71. The molecule has 2 rings (SSSR count). The zero-order chi connectivity index (χ0) is 15.6. The lowest BCUT2D eigenvalue weighted by atomic mass is 9.79. The third kappa shape index (κ3) is 3.63. The maximum Gasteiger partial charge on any atom is 0.123 e. The van der Waals surface area contributed by atoms with Crippen LogP contribution in [0.15, 0.2) is 12.1 Å². The van der Waals surface area contributed by atoms with Gasteiger partial charge in [0.25, 0.3) is 0 Å². The number of phenolic OH excluding ortho intramolecular Hbond substituents is 1. The number of aliphatic hydroxyl groups excluding tert-OH is 1. The van der Waals surface area contributed by atoms with Crippen LogP contribution in [0.5, 0.6) is 5.75 Å². The highest BCUT2D eigenvalue weighted by molar-refractivity contribution is 6.35. The average molecular weight is 333 g/mol. The zero-order valence-electron chi connectivity index (χ0n) is 12.4. The summed E-state index contributed by atoms with van der Waals surface area (Å²) >= 11 is 12.3. The molecule has 4 nitrogen and oxygen atoms in total. The number of hydrogen-bond acceptors (Lipinski definition) is 4. The van der Waals surface area contributed by atoms with Crippen LogP contribution in [-0.4, -0.2) is 47.9 Å². The number of piperazine rings is 1. The van der Waals surface area contributed by atoms with E-state index in [2.05, 4.69) is 10.2 Å². The van der Waals surface area contributed by atoms with Crippen molar-refractivity contribution in [3.63, 3.8) is 0 Å². The van der Waals surface area contributed by atoms with E-state index in [0.29, 0.717) is 15.6 Å². The van der Waals surface area contributed by atoms with E-state index < -0.39 is 5.41 Å². The summed E-state index contributed by atoms with van der Waals surface area (Å²) in [5.74, 6) is 0.0811. The number of nitrogens with one attached hydrogen (secondary N) is 1. The van der Waals surface area contributed by atoms with Crippen molar-refractivity contribution in [2.45, 2.75) is 19.9 Å². The first-order valence-corrected chi connectivity index (χ1v) is 7.86. The van der Waals surface area contributed by atoms with Crippen LogP contribution < -0.4 is 5.32 Å². The molecule has 0 unspecified atom stereocenters. The molecule has 0 bridgehead atoms. The van der Waals surface area contributed by atoms with Crippen LogP contribution in [0, 0.1) is 5.41 Å². The minimum Gasteiger partial charge on any atom is -0.508 e. The molecule has 118 valence electrons. The number of nitrogens with zero attached hydrogens (tertiary/aromatic N) is 1. The highest BCUT2D eigenvalue weighted by Crippen LogP contribution is 2.45. The van der Waals surface area contributed by atoms with Crippen LogP contribution in [-0.2, 0) is 0 Å². The smallest absolute Gasteiger partial charge is 0.123 e. The molecule has 1 fully saturated rings. The second-order valence-corrected chi connectivity index (χ2v) is 7.00. The Morgan fingerprint density at radius 1 is 1.29 bits per heavy atom. The van der Waals surface area contributed by atoms with Crippen molar-refractivity contribution in [3.8, 4) is 5.75 Å². The van der Waals surface area contributed by atoms with Crippen LogP contribution in [0.4, 0.5) is 0 Å². The van der Waals surface area contributed by atoms with Gasteiger partial charge in [0.1, 0.15) is 5.75 Å². The predicted octanol–water partition coefficient (Wildman–Crippen LogP) is 2.66. The molecule has 0 aromatic heterocycles. The molecule has 1 aliphatic rings. The van der Waals surface area contributed by atoms with Crippen LogP contribution in [0.1, 0.15) is 25.5 Å². The third-order valence-electron chi connectivity index (χ3n) is 4.01. The lowest BCUT2D eigenvalue weighted by molar-refractivity contribution is 0.0293. The summed E-state index contributed by atoms with van der Waals surface area (Å²) in [7, 11) is 0. The molecule has 1 saturated heterocycles. The monoisotopic (exact) mass is 332 g/mol. The molecule has 0 aliphatic carbocycles. The summed E-state index contributed by atoms with van der Waals surface area (Å²) in [6.07, 6.45) is 0. The highest BCUT2D eigenvalue weighted by Gasteiger charge is 2.38. The van der Waals surface area contributed by atoms with Gasteiger partial charge in [-0.3, -0.25) is 4.90 Å². The van der Waals surface area contributed by atoms with Gasteiger partial charge in [-0.15, -0.1) is 0 Å². The zero-order valence-corrected chi connectivity index (χ0v) is 13.9. The second-order valence-electron chi connectivity index (χ2n) is 6.16. The van der Waals surface area contributed by atoms with E-state index in [1.165, 1.54) is 6.07 Å². The van der Waals surface area contributed by atoms with Crippen molar-refractivity contribution in [2.24, 2.45) is 5.41 Å². The molecular weight excluding hydrogens is 311 g/mol. The Bertz CT molecular complexity index is 479. The number of halogens is 2. The fourth-order valence-electron chi connectivity index (χ4n) is 2.94. The summed E-state index contributed by atoms with van der Waals surface area (Å²) in [6, 6.07) is 2.97. The summed E-state index contributed by atoms with van der Waals surface area (Å²) in [5.41, 5.74) is 0.203. The summed E-state index contributed by atoms with van der Waals surface area (Å²) in [5, 5.41) is 24.3. The Kier molecular flexibility index (Phi) is 5.38. The van der Waals surface area contributed by atoms with E-state index in [1.807, 2.05) is 13.8 Å². The largest absolute Gasteiger partial charge is 0.508 e. The number of rotatable bonds is 4.